The fourth-order valence-electron chi connectivity index (χ4n) is 1.94. The Morgan fingerprint density at radius 2 is 2.35 bits per heavy atom. The van der Waals surface area contributed by atoms with Crippen LogP contribution in [0.4, 0.5) is 0 Å². The molecule has 0 aliphatic carbocycles. The Hall–Kier alpha value is -1.07. The highest BCUT2D eigenvalue weighted by atomic mass is 32.2. The summed E-state index contributed by atoms with van der Waals surface area (Å²) in [5, 5.41) is 8.67. The highest BCUT2D eigenvalue weighted by Gasteiger charge is 2.30. The maximum Gasteiger partial charge on any atom is 0.244 e. The van der Waals surface area contributed by atoms with Crippen molar-refractivity contribution >= 4 is 21.8 Å². The van der Waals surface area contributed by atoms with Gasteiger partial charge in [-0.1, -0.05) is 11.8 Å². The maximum atomic E-state index is 12.5. The highest BCUT2D eigenvalue weighted by molar-refractivity contribution is 7.99. The Labute approximate surface area is 123 Å². The molecule has 108 valence electrons. The van der Waals surface area contributed by atoms with Gasteiger partial charge in [0, 0.05) is 36.8 Å². The molecule has 1 saturated heterocycles. The average molecular weight is 312 g/mol. The first kappa shape index (κ1) is 15.3. The van der Waals surface area contributed by atoms with Crippen molar-refractivity contribution < 1.29 is 13.5 Å². The van der Waals surface area contributed by atoms with E-state index in [9.17, 15) is 8.42 Å². The molecule has 1 aliphatic heterocycles. The number of aliphatic hydroxyl groups is 1. The molecule has 0 radical (unpaired) electrons. The van der Waals surface area contributed by atoms with Crippen LogP contribution >= 0.6 is 11.8 Å². The number of nitrogens with zero attached hydrogens (tertiary/aromatic N) is 2. The molecular formula is C13H16N2O3S2. The zero-order chi connectivity index (χ0) is 14.6. The number of rotatable bonds is 3. The minimum Gasteiger partial charge on any atom is -0.384 e. The Morgan fingerprint density at radius 1 is 1.55 bits per heavy atom. The topological polar surface area (TPSA) is 70.5 Å². The molecule has 0 bridgehead atoms. The van der Waals surface area contributed by atoms with E-state index in [0.717, 1.165) is 17.9 Å². The third-order valence-corrected chi connectivity index (χ3v) is 6.14. The van der Waals surface area contributed by atoms with Crippen molar-refractivity contribution in [2.45, 2.75) is 17.4 Å². The first-order valence-corrected chi connectivity index (χ1v) is 8.75. The minimum atomic E-state index is -3.54. The van der Waals surface area contributed by atoms with Crippen LogP contribution in [0.3, 0.4) is 0 Å². The van der Waals surface area contributed by atoms with Gasteiger partial charge in [0.2, 0.25) is 10.0 Å². The van der Waals surface area contributed by atoms with Crippen molar-refractivity contribution in [2.24, 2.45) is 0 Å². The van der Waals surface area contributed by atoms with Gasteiger partial charge in [-0.2, -0.15) is 16.1 Å². The second-order valence-corrected chi connectivity index (χ2v) is 7.56. The van der Waals surface area contributed by atoms with Crippen LogP contribution in [-0.2, 0) is 10.0 Å². The summed E-state index contributed by atoms with van der Waals surface area (Å²) in [6.45, 7) is -0.268. The van der Waals surface area contributed by atoms with Gasteiger partial charge in [-0.15, -0.1) is 0 Å². The van der Waals surface area contributed by atoms with Gasteiger partial charge >= 0.3 is 0 Å². The van der Waals surface area contributed by atoms with E-state index in [4.69, 9.17) is 5.11 Å². The molecule has 1 atom stereocenters. The zero-order valence-electron chi connectivity index (χ0n) is 11.1. The summed E-state index contributed by atoms with van der Waals surface area (Å²) in [6, 6.07) is 1.53. The first-order chi connectivity index (χ1) is 9.55. The summed E-state index contributed by atoms with van der Waals surface area (Å²) < 4.78 is 26.5. The molecule has 0 amide bonds. The van der Waals surface area contributed by atoms with Crippen LogP contribution < -0.4 is 0 Å². The summed E-state index contributed by atoms with van der Waals surface area (Å²) in [6.07, 6.45) is 3.68. The van der Waals surface area contributed by atoms with E-state index in [-0.39, 0.29) is 17.5 Å². The van der Waals surface area contributed by atoms with E-state index in [1.54, 1.807) is 18.8 Å². The largest absolute Gasteiger partial charge is 0.384 e. The van der Waals surface area contributed by atoms with Crippen molar-refractivity contribution in [1.82, 2.24) is 9.29 Å². The molecule has 1 aromatic rings. The molecule has 20 heavy (non-hydrogen) atoms. The second-order valence-electron chi connectivity index (χ2n) is 4.41. The Bertz CT molecular complexity index is 629. The lowest BCUT2D eigenvalue weighted by molar-refractivity contribution is 0.350. The van der Waals surface area contributed by atoms with E-state index in [1.165, 1.54) is 22.8 Å². The first-order valence-electron chi connectivity index (χ1n) is 6.16. The molecule has 0 saturated carbocycles. The molecule has 7 heteroatoms. The predicted molar refractivity (Wildman–Crippen MR) is 78.9 cm³/mol. The van der Waals surface area contributed by atoms with Gasteiger partial charge in [0.15, 0.2) is 0 Å². The van der Waals surface area contributed by atoms with E-state index in [1.807, 2.05) is 0 Å². The monoisotopic (exact) mass is 312 g/mol. The lowest BCUT2D eigenvalue weighted by Crippen LogP contribution is -2.37. The summed E-state index contributed by atoms with van der Waals surface area (Å²) in [5.74, 6) is 6.96. The average Bonchev–Trinajstić information content (AvgIpc) is 2.98. The molecule has 1 fully saturated rings. The van der Waals surface area contributed by atoms with Crippen LogP contribution in [0.25, 0.3) is 0 Å². The van der Waals surface area contributed by atoms with Crippen LogP contribution in [0.5, 0.6) is 0 Å². The van der Waals surface area contributed by atoms with Gasteiger partial charge in [-0.25, -0.2) is 8.42 Å². The Balaban J connectivity index is 2.29. The molecule has 0 spiro atoms. The van der Waals surface area contributed by atoms with Gasteiger partial charge in [0.25, 0.3) is 0 Å². The summed E-state index contributed by atoms with van der Waals surface area (Å²) in [7, 11) is -1.93. The summed E-state index contributed by atoms with van der Waals surface area (Å²) in [4.78, 5) is 4.06. The summed E-state index contributed by atoms with van der Waals surface area (Å²) >= 11 is 1.76. The highest BCUT2D eigenvalue weighted by Crippen LogP contribution is 2.26. The van der Waals surface area contributed by atoms with Crippen molar-refractivity contribution in [1.29, 1.82) is 0 Å². The second kappa shape index (κ2) is 6.59. The standard InChI is InChI=1S/C13H16N2O3S2/c1-15(12-4-6-19-10-12)20(17,18)13-7-11(3-2-5-16)8-14-9-13/h7-9,12,16H,4-6,10H2,1H3. The van der Waals surface area contributed by atoms with Crippen molar-refractivity contribution in [3.8, 4) is 11.8 Å². The van der Waals surface area contributed by atoms with Gasteiger partial charge in [-0.05, 0) is 18.2 Å². The third kappa shape index (κ3) is 3.33. The molecule has 1 N–H and O–H groups in total. The molecule has 1 aliphatic rings. The van der Waals surface area contributed by atoms with Crippen LogP contribution in [0, 0.1) is 11.8 Å². The third-order valence-electron chi connectivity index (χ3n) is 3.12. The van der Waals surface area contributed by atoms with Gasteiger partial charge < -0.3 is 5.11 Å². The lowest BCUT2D eigenvalue weighted by Gasteiger charge is -2.22. The normalized spacial score (nSPS) is 18.9. The molecule has 5 nitrogen and oxygen atoms in total. The SMILES string of the molecule is CN(C1CCSC1)S(=O)(=O)c1cncc(C#CCO)c1. The number of hydrogen-bond donors (Lipinski definition) is 1. The van der Waals surface area contributed by atoms with Gasteiger partial charge in [-0.3, -0.25) is 4.98 Å². The summed E-state index contributed by atoms with van der Waals surface area (Å²) in [5.41, 5.74) is 0.481. The zero-order valence-corrected chi connectivity index (χ0v) is 12.7. The predicted octanol–water partition coefficient (Wildman–Crippen LogP) is 0.551. The number of aromatic nitrogens is 1. The minimum absolute atomic E-state index is 0.0391. The fraction of sp³-hybridized carbons (Fsp3) is 0.462. The molecular weight excluding hydrogens is 296 g/mol. The smallest absolute Gasteiger partial charge is 0.244 e. The van der Waals surface area contributed by atoms with Crippen LogP contribution in [0.15, 0.2) is 23.4 Å². The van der Waals surface area contributed by atoms with Crippen LogP contribution in [0.2, 0.25) is 0 Å². The molecule has 1 unspecified atom stereocenters. The molecule has 2 rings (SSSR count). The lowest BCUT2D eigenvalue weighted by atomic mass is 10.3. The Morgan fingerprint density at radius 3 is 3.00 bits per heavy atom. The number of aliphatic hydroxyl groups excluding tert-OH is 1. The van der Waals surface area contributed by atoms with Crippen LogP contribution in [-0.4, -0.2) is 54.0 Å². The molecule has 1 aromatic heterocycles. The fourth-order valence-corrected chi connectivity index (χ4v) is 4.68. The number of hydrogen-bond acceptors (Lipinski definition) is 5. The number of sulfonamides is 1. The maximum absolute atomic E-state index is 12.5. The number of pyridine rings is 1. The van der Waals surface area contributed by atoms with Gasteiger partial charge in [0.05, 0.1) is 0 Å². The van der Waals surface area contributed by atoms with E-state index in [2.05, 4.69) is 16.8 Å². The quantitative estimate of drug-likeness (QED) is 0.826. The van der Waals surface area contributed by atoms with Crippen molar-refractivity contribution in [3.63, 3.8) is 0 Å². The van der Waals surface area contributed by atoms with E-state index >= 15 is 0 Å². The van der Waals surface area contributed by atoms with E-state index < -0.39 is 10.0 Å². The van der Waals surface area contributed by atoms with E-state index in [0.29, 0.717) is 5.56 Å². The van der Waals surface area contributed by atoms with Crippen LogP contribution in [0.1, 0.15) is 12.0 Å². The molecule has 0 aromatic carbocycles. The van der Waals surface area contributed by atoms with Gasteiger partial charge in [0.1, 0.15) is 11.5 Å². The van der Waals surface area contributed by atoms with Crippen molar-refractivity contribution in [2.75, 3.05) is 25.2 Å². The Kier molecular flexibility index (Phi) is 5.05. The van der Waals surface area contributed by atoms with Crippen molar-refractivity contribution in [3.05, 3.63) is 24.0 Å². The molecule has 2 heterocycles. The number of thioether (sulfide) groups is 1.